The molecule has 3 rings (SSSR count). The molecule has 0 bridgehead atoms. The summed E-state index contributed by atoms with van der Waals surface area (Å²) in [4.78, 5) is 25.8. The first-order valence-corrected chi connectivity index (χ1v) is 10.2. The van der Waals surface area contributed by atoms with E-state index in [-0.39, 0.29) is 24.2 Å². The second kappa shape index (κ2) is 10.3. The molecular weight excluding hydrogens is 390 g/mol. The number of hydrogen-bond acceptors (Lipinski definition) is 4. The molecule has 2 aromatic carbocycles. The lowest BCUT2D eigenvalue weighted by Gasteiger charge is -2.31. The van der Waals surface area contributed by atoms with E-state index in [0.717, 1.165) is 37.2 Å². The summed E-state index contributed by atoms with van der Waals surface area (Å²) in [6, 6.07) is 14.8. The molecule has 3 N–H and O–H groups in total. The number of anilines is 1. The van der Waals surface area contributed by atoms with Crippen molar-refractivity contribution in [2.45, 2.75) is 25.8 Å². The van der Waals surface area contributed by atoms with Gasteiger partial charge in [0.1, 0.15) is 5.75 Å². The van der Waals surface area contributed by atoms with E-state index < -0.39 is 0 Å². The number of hydrogen-bond donors (Lipinski definition) is 2. The Bertz CT molecular complexity index is 824. The summed E-state index contributed by atoms with van der Waals surface area (Å²) < 4.78 is 5.54. The molecular formula is C22H26ClN3O3. The van der Waals surface area contributed by atoms with Crippen molar-refractivity contribution in [3.05, 3.63) is 59.1 Å². The zero-order valence-corrected chi connectivity index (χ0v) is 17.0. The summed E-state index contributed by atoms with van der Waals surface area (Å²) >= 11 is 5.83. The highest BCUT2D eigenvalue weighted by atomic mass is 35.5. The van der Waals surface area contributed by atoms with Crippen LogP contribution in [0.3, 0.4) is 0 Å². The molecule has 1 fully saturated rings. The first-order chi connectivity index (χ1) is 14.0. The molecule has 1 atom stereocenters. The van der Waals surface area contributed by atoms with E-state index in [1.807, 2.05) is 24.3 Å². The van der Waals surface area contributed by atoms with Crippen LogP contribution in [0, 0.1) is 5.92 Å². The van der Waals surface area contributed by atoms with Gasteiger partial charge >= 0.3 is 0 Å². The molecule has 7 heteroatoms. The number of piperidine rings is 1. The Hall–Kier alpha value is -2.57. The van der Waals surface area contributed by atoms with E-state index in [1.165, 1.54) is 0 Å². The van der Waals surface area contributed by atoms with Crippen LogP contribution in [-0.4, -0.2) is 36.4 Å². The van der Waals surface area contributed by atoms with Gasteiger partial charge in [-0.05, 0) is 61.3 Å². The Balaban J connectivity index is 1.42. The van der Waals surface area contributed by atoms with Crippen LogP contribution < -0.4 is 15.8 Å². The fourth-order valence-corrected chi connectivity index (χ4v) is 3.52. The third kappa shape index (κ3) is 6.76. The molecule has 2 amide bonds. The van der Waals surface area contributed by atoms with Gasteiger partial charge in [0.15, 0.2) is 0 Å². The standard InChI is InChI=1S/C22H26ClN3O3/c23-18-5-9-20(10-6-18)29-13-11-21(27)25-19-7-3-16(4-8-19)14-26-12-1-2-17(15-26)22(24)28/h3-10,17H,1-2,11-15H2,(H2,24,28)(H,25,27). The maximum absolute atomic E-state index is 12.1. The van der Waals surface area contributed by atoms with E-state index >= 15 is 0 Å². The Kier molecular flexibility index (Phi) is 7.49. The van der Waals surface area contributed by atoms with Crippen LogP contribution in [0.25, 0.3) is 0 Å². The number of benzene rings is 2. The Morgan fingerprint density at radius 2 is 1.86 bits per heavy atom. The summed E-state index contributed by atoms with van der Waals surface area (Å²) in [7, 11) is 0. The fourth-order valence-electron chi connectivity index (χ4n) is 3.40. The predicted molar refractivity (Wildman–Crippen MR) is 114 cm³/mol. The number of ether oxygens (including phenoxy) is 1. The Morgan fingerprint density at radius 3 is 2.55 bits per heavy atom. The number of nitrogens with zero attached hydrogens (tertiary/aromatic N) is 1. The van der Waals surface area contributed by atoms with E-state index in [1.54, 1.807) is 24.3 Å². The normalized spacial score (nSPS) is 16.9. The molecule has 29 heavy (non-hydrogen) atoms. The van der Waals surface area contributed by atoms with Gasteiger partial charge in [0.05, 0.1) is 18.9 Å². The van der Waals surface area contributed by atoms with Gasteiger partial charge in [-0.2, -0.15) is 0 Å². The molecule has 154 valence electrons. The van der Waals surface area contributed by atoms with Gasteiger partial charge in [-0.25, -0.2) is 0 Å². The molecule has 1 heterocycles. The van der Waals surface area contributed by atoms with Crippen LogP contribution in [0.1, 0.15) is 24.8 Å². The zero-order valence-electron chi connectivity index (χ0n) is 16.3. The highest BCUT2D eigenvalue weighted by Gasteiger charge is 2.23. The second-order valence-corrected chi connectivity index (χ2v) is 7.71. The first-order valence-electron chi connectivity index (χ1n) is 9.78. The second-order valence-electron chi connectivity index (χ2n) is 7.27. The minimum Gasteiger partial charge on any atom is -0.493 e. The van der Waals surface area contributed by atoms with Crippen molar-refractivity contribution >= 4 is 29.1 Å². The number of carbonyl (C=O) groups excluding carboxylic acids is 2. The molecule has 2 aromatic rings. The number of rotatable bonds is 8. The van der Waals surface area contributed by atoms with Crippen molar-refractivity contribution in [2.24, 2.45) is 11.7 Å². The van der Waals surface area contributed by atoms with Crippen LogP contribution in [0.2, 0.25) is 5.02 Å². The van der Waals surface area contributed by atoms with Crippen molar-refractivity contribution in [3.63, 3.8) is 0 Å². The van der Waals surface area contributed by atoms with Gasteiger partial charge in [0.2, 0.25) is 11.8 Å². The van der Waals surface area contributed by atoms with Crippen molar-refractivity contribution in [1.82, 2.24) is 4.90 Å². The molecule has 1 aliphatic rings. The molecule has 1 saturated heterocycles. The molecule has 0 aliphatic carbocycles. The van der Waals surface area contributed by atoms with Crippen LogP contribution in [0.15, 0.2) is 48.5 Å². The zero-order chi connectivity index (χ0) is 20.6. The topological polar surface area (TPSA) is 84.7 Å². The maximum Gasteiger partial charge on any atom is 0.227 e. The number of likely N-dealkylation sites (tertiary alicyclic amines) is 1. The SMILES string of the molecule is NC(=O)C1CCCN(Cc2ccc(NC(=O)CCOc3ccc(Cl)cc3)cc2)C1. The quantitative estimate of drug-likeness (QED) is 0.691. The van der Waals surface area contributed by atoms with E-state index in [9.17, 15) is 9.59 Å². The average Bonchev–Trinajstić information content (AvgIpc) is 2.71. The van der Waals surface area contributed by atoms with Crippen molar-refractivity contribution in [2.75, 3.05) is 25.0 Å². The molecule has 0 aromatic heterocycles. The number of nitrogens with one attached hydrogen (secondary N) is 1. The van der Waals surface area contributed by atoms with Crippen LogP contribution in [0.5, 0.6) is 5.75 Å². The number of nitrogens with two attached hydrogens (primary N) is 1. The van der Waals surface area contributed by atoms with Crippen LogP contribution in [0.4, 0.5) is 5.69 Å². The van der Waals surface area contributed by atoms with Crippen molar-refractivity contribution < 1.29 is 14.3 Å². The van der Waals surface area contributed by atoms with Crippen molar-refractivity contribution in [3.8, 4) is 5.75 Å². The third-order valence-electron chi connectivity index (χ3n) is 4.96. The largest absolute Gasteiger partial charge is 0.493 e. The van der Waals surface area contributed by atoms with Gasteiger partial charge in [-0.15, -0.1) is 0 Å². The van der Waals surface area contributed by atoms with Crippen LogP contribution in [-0.2, 0) is 16.1 Å². The highest BCUT2D eigenvalue weighted by Crippen LogP contribution is 2.19. The summed E-state index contributed by atoms with van der Waals surface area (Å²) in [6.45, 7) is 2.74. The maximum atomic E-state index is 12.1. The summed E-state index contributed by atoms with van der Waals surface area (Å²) in [5.41, 5.74) is 7.33. The molecule has 0 radical (unpaired) electrons. The number of amides is 2. The molecule has 0 spiro atoms. The first kappa shape index (κ1) is 21.1. The minimum absolute atomic E-state index is 0.0580. The monoisotopic (exact) mass is 415 g/mol. The van der Waals surface area contributed by atoms with Crippen LogP contribution >= 0.6 is 11.6 Å². The summed E-state index contributed by atoms with van der Waals surface area (Å²) in [5, 5.41) is 3.52. The van der Waals surface area contributed by atoms with Gasteiger partial charge < -0.3 is 15.8 Å². The number of halogens is 1. The molecule has 1 aliphatic heterocycles. The smallest absolute Gasteiger partial charge is 0.227 e. The lowest BCUT2D eigenvalue weighted by atomic mass is 9.97. The number of carbonyl (C=O) groups is 2. The van der Waals surface area contributed by atoms with E-state index in [4.69, 9.17) is 22.1 Å². The highest BCUT2D eigenvalue weighted by molar-refractivity contribution is 6.30. The molecule has 6 nitrogen and oxygen atoms in total. The fraction of sp³-hybridized carbons (Fsp3) is 0.364. The van der Waals surface area contributed by atoms with Gasteiger partial charge in [0.25, 0.3) is 0 Å². The average molecular weight is 416 g/mol. The van der Waals surface area contributed by atoms with Gasteiger partial charge in [0, 0.05) is 23.8 Å². The molecule has 0 saturated carbocycles. The Morgan fingerprint density at radius 1 is 1.14 bits per heavy atom. The van der Waals surface area contributed by atoms with Crippen molar-refractivity contribution in [1.29, 1.82) is 0 Å². The number of primary amides is 1. The van der Waals surface area contributed by atoms with E-state index in [2.05, 4.69) is 10.2 Å². The third-order valence-corrected chi connectivity index (χ3v) is 5.22. The predicted octanol–water partition coefficient (Wildman–Crippen LogP) is 3.44. The minimum atomic E-state index is -0.215. The summed E-state index contributed by atoms with van der Waals surface area (Å²) in [6.07, 6.45) is 2.12. The Labute approximate surface area is 176 Å². The van der Waals surface area contributed by atoms with Gasteiger partial charge in [-0.3, -0.25) is 14.5 Å². The lowest BCUT2D eigenvalue weighted by molar-refractivity contribution is -0.123. The lowest BCUT2D eigenvalue weighted by Crippen LogP contribution is -2.40. The summed E-state index contributed by atoms with van der Waals surface area (Å²) in [5.74, 6) is 0.306. The van der Waals surface area contributed by atoms with Gasteiger partial charge in [-0.1, -0.05) is 23.7 Å². The molecule has 1 unspecified atom stereocenters. The van der Waals surface area contributed by atoms with E-state index in [0.29, 0.717) is 23.9 Å².